The number of nitrogens with one attached hydrogen (secondary N) is 2. The molecule has 210 valence electrons. The summed E-state index contributed by atoms with van der Waals surface area (Å²) < 4.78 is 34.8. The number of benzene rings is 3. The Kier molecular flexibility index (Phi) is 8.53. The number of para-hydroxylation sites is 1. The highest BCUT2D eigenvalue weighted by atomic mass is 32.2. The molecule has 1 aliphatic heterocycles. The standard InChI is InChI=1S/C29H33N5O4S2/c1-3-38-25-8-5-9-26-27(25)31-29(39-26)34-18-16-33(17-19-34)15-14-30-28(35)22-6-4-7-23(20-22)32-40(36,37)24-12-10-21(2)11-13-24/h4-13,20,32H,3,14-19H2,1-2H3,(H,30,35). The quantitative estimate of drug-likeness (QED) is 0.288. The van der Waals surface area contributed by atoms with Gasteiger partial charge in [0, 0.05) is 50.5 Å². The molecule has 1 saturated heterocycles. The number of hydrogen-bond donors (Lipinski definition) is 2. The van der Waals surface area contributed by atoms with Crippen molar-refractivity contribution in [2.45, 2.75) is 18.7 Å². The summed E-state index contributed by atoms with van der Waals surface area (Å²) in [5, 5.41) is 3.96. The average Bonchev–Trinajstić information content (AvgIpc) is 3.39. The van der Waals surface area contributed by atoms with E-state index in [9.17, 15) is 13.2 Å². The third kappa shape index (κ3) is 6.55. The smallest absolute Gasteiger partial charge is 0.261 e. The number of piperazine rings is 1. The van der Waals surface area contributed by atoms with Crippen LogP contribution in [0.2, 0.25) is 0 Å². The number of aryl methyl sites for hydroxylation is 1. The lowest BCUT2D eigenvalue weighted by molar-refractivity contribution is 0.0948. The molecule has 0 saturated carbocycles. The molecule has 0 radical (unpaired) electrons. The molecule has 40 heavy (non-hydrogen) atoms. The first-order chi connectivity index (χ1) is 19.3. The van der Waals surface area contributed by atoms with E-state index in [-0.39, 0.29) is 10.8 Å². The van der Waals surface area contributed by atoms with Gasteiger partial charge in [-0.05, 0) is 56.3 Å². The topological polar surface area (TPSA) is 104 Å². The van der Waals surface area contributed by atoms with E-state index in [1.807, 2.05) is 26.0 Å². The van der Waals surface area contributed by atoms with Crippen LogP contribution >= 0.6 is 11.3 Å². The molecule has 0 bridgehead atoms. The maximum Gasteiger partial charge on any atom is 0.261 e. The number of sulfonamides is 1. The Bertz CT molecular complexity index is 1580. The number of aromatic nitrogens is 1. The summed E-state index contributed by atoms with van der Waals surface area (Å²) >= 11 is 1.68. The maximum absolute atomic E-state index is 12.8. The van der Waals surface area contributed by atoms with Gasteiger partial charge in [0.1, 0.15) is 11.3 Å². The number of anilines is 2. The third-order valence-electron chi connectivity index (χ3n) is 6.74. The Morgan fingerprint density at radius 2 is 1.77 bits per heavy atom. The second-order valence-corrected chi connectivity index (χ2v) is 12.3. The fourth-order valence-corrected chi connectivity index (χ4v) is 6.65. The number of amides is 1. The highest BCUT2D eigenvalue weighted by molar-refractivity contribution is 7.92. The third-order valence-corrected chi connectivity index (χ3v) is 9.21. The van der Waals surface area contributed by atoms with E-state index < -0.39 is 10.0 Å². The minimum absolute atomic E-state index is 0.173. The van der Waals surface area contributed by atoms with E-state index in [1.165, 1.54) is 0 Å². The molecule has 5 rings (SSSR count). The normalized spacial score (nSPS) is 14.3. The summed E-state index contributed by atoms with van der Waals surface area (Å²) in [5.41, 5.74) is 2.63. The number of ether oxygens (including phenoxy) is 1. The number of carbonyl (C=O) groups excluding carboxylic acids is 1. The summed E-state index contributed by atoms with van der Waals surface area (Å²) in [6.07, 6.45) is 0. The zero-order valence-corrected chi connectivity index (χ0v) is 24.2. The van der Waals surface area contributed by atoms with Gasteiger partial charge >= 0.3 is 0 Å². The Hall–Kier alpha value is -3.67. The number of thiazole rings is 1. The SMILES string of the molecule is CCOc1cccc2sc(N3CCN(CCNC(=O)c4cccc(NS(=O)(=O)c5ccc(C)cc5)c4)CC3)nc12. The summed E-state index contributed by atoms with van der Waals surface area (Å²) in [6.45, 7) is 9.18. The van der Waals surface area contributed by atoms with Gasteiger partial charge in [0.15, 0.2) is 5.13 Å². The molecule has 1 amide bonds. The summed E-state index contributed by atoms with van der Waals surface area (Å²) in [5.74, 6) is 0.584. The van der Waals surface area contributed by atoms with E-state index in [0.717, 1.165) is 59.4 Å². The van der Waals surface area contributed by atoms with Crippen LogP contribution in [0.15, 0.2) is 71.6 Å². The molecule has 1 aromatic heterocycles. The van der Waals surface area contributed by atoms with Crippen molar-refractivity contribution < 1.29 is 17.9 Å². The second kappa shape index (κ2) is 12.2. The highest BCUT2D eigenvalue weighted by Crippen LogP contribution is 2.34. The van der Waals surface area contributed by atoms with Gasteiger partial charge in [-0.25, -0.2) is 13.4 Å². The van der Waals surface area contributed by atoms with Gasteiger partial charge in [0.2, 0.25) is 0 Å². The predicted molar refractivity (Wildman–Crippen MR) is 160 cm³/mol. The van der Waals surface area contributed by atoms with Gasteiger partial charge in [-0.15, -0.1) is 0 Å². The van der Waals surface area contributed by atoms with Crippen molar-refractivity contribution in [1.82, 2.24) is 15.2 Å². The van der Waals surface area contributed by atoms with Crippen LogP contribution in [-0.4, -0.2) is 70.1 Å². The van der Waals surface area contributed by atoms with Gasteiger partial charge in [0.25, 0.3) is 15.9 Å². The number of fused-ring (bicyclic) bond motifs is 1. The van der Waals surface area contributed by atoms with Crippen molar-refractivity contribution >= 4 is 48.3 Å². The maximum atomic E-state index is 12.8. The summed E-state index contributed by atoms with van der Waals surface area (Å²) in [7, 11) is -3.74. The minimum Gasteiger partial charge on any atom is -0.492 e. The van der Waals surface area contributed by atoms with Gasteiger partial charge in [-0.2, -0.15) is 0 Å². The molecular weight excluding hydrogens is 546 g/mol. The van der Waals surface area contributed by atoms with E-state index in [0.29, 0.717) is 24.4 Å². The van der Waals surface area contributed by atoms with Crippen LogP contribution < -0.4 is 19.7 Å². The Morgan fingerprint density at radius 1 is 1.02 bits per heavy atom. The monoisotopic (exact) mass is 579 g/mol. The van der Waals surface area contributed by atoms with Crippen molar-refractivity contribution in [2.24, 2.45) is 0 Å². The van der Waals surface area contributed by atoms with Gasteiger partial charge in [0.05, 0.1) is 16.2 Å². The van der Waals surface area contributed by atoms with Gasteiger partial charge in [-0.1, -0.05) is 41.2 Å². The molecule has 4 aromatic rings. The van der Waals surface area contributed by atoms with E-state index in [1.54, 1.807) is 59.9 Å². The number of carbonyl (C=O) groups is 1. The Balaban J connectivity index is 1.10. The Morgan fingerprint density at radius 3 is 2.52 bits per heavy atom. The first-order valence-corrected chi connectivity index (χ1v) is 15.6. The lowest BCUT2D eigenvalue weighted by atomic mass is 10.2. The largest absolute Gasteiger partial charge is 0.492 e. The van der Waals surface area contributed by atoms with Crippen molar-refractivity contribution in [2.75, 3.05) is 55.5 Å². The summed E-state index contributed by atoms with van der Waals surface area (Å²) in [6, 6.07) is 19.2. The van der Waals surface area contributed by atoms with Crippen LogP contribution in [0.25, 0.3) is 10.2 Å². The van der Waals surface area contributed by atoms with Crippen LogP contribution in [-0.2, 0) is 10.0 Å². The molecule has 2 heterocycles. The van der Waals surface area contributed by atoms with Crippen molar-refractivity contribution in [3.8, 4) is 5.75 Å². The predicted octanol–water partition coefficient (Wildman–Crippen LogP) is 4.36. The average molecular weight is 580 g/mol. The number of hydrogen-bond acceptors (Lipinski definition) is 8. The van der Waals surface area contributed by atoms with Crippen molar-refractivity contribution in [3.05, 3.63) is 77.9 Å². The van der Waals surface area contributed by atoms with Crippen LogP contribution in [0.1, 0.15) is 22.8 Å². The fraction of sp³-hybridized carbons (Fsp3) is 0.310. The van der Waals surface area contributed by atoms with E-state index in [2.05, 4.69) is 25.9 Å². The molecular formula is C29H33N5O4S2. The molecule has 3 aromatic carbocycles. The van der Waals surface area contributed by atoms with E-state index in [4.69, 9.17) is 9.72 Å². The number of rotatable bonds is 10. The zero-order chi connectivity index (χ0) is 28.1. The Labute approximate surface area is 238 Å². The van der Waals surface area contributed by atoms with Crippen molar-refractivity contribution in [1.29, 1.82) is 0 Å². The zero-order valence-electron chi connectivity index (χ0n) is 22.6. The van der Waals surface area contributed by atoms with Crippen molar-refractivity contribution in [3.63, 3.8) is 0 Å². The van der Waals surface area contributed by atoms with Crippen LogP contribution in [0.5, 0.6) is 5.75 Å². The molecule has 0 spiro atoms. The van der Waals surface area contributed by atoms with Crippen LogP contribution in [0, 0.1) is 6.92 Å². The molecule has 11 heteroatoms. The van der Waals surface area contributed by atoms with Gasteiger partial charge < -0.3 is 15.0 Å². The molecule has 0 aliphatic carbocycles. The first-order valence-electron chi connectivity index (χ1n) is 13.3. The molecule has 9 nitrogen and oxygen atoms in total. The number of nitrogens with zero attached hydrogens (tertiary/aromatic N) is 3. The van der Waals surface area contributed by atoms with Crippen LogP contribution in [0.3, 0.4) is 0 Å². The highest BCUT2D eigenvalue weighted by Gasteiger charge is 2.21. The summed E-state index contributed by atoms with van der Waals surface area (Å²) in [4.78, 5) is 22.4. The lowest BCUT2D eigenvalue weighted by Crippen LogP contribution is -2.48. The van der Waals surface area contributed by atoms with Gasteiger partial charge in [-0.3, -0.25) is 14.4 Å². The molecule has 1 aliphatic rings. The lowest BCUT2D eigenvalue weighted by Gasteiger charge is -2.34. The molecule has 0 atom stereocenters. The fourth-order valence-electron chi connectivity index (χ4n) is 4.57. The molecule has 1 fully saturated rings. The second-order valence-electron chi connectivity index (χ2n) is 9.62. The minimum atomic E-state index is -3.74. The van der Waals surface area contributed by atoms with Crippen LogP contribution in [0.4, 0.5) is 10.8 Å². The van der Waals surface area contributed by atoms with E-state index >= 15 is 0 Å². The molecule has 2 N–H and O–H groups in total. The molecule has 0 unspecified atom stereocenters. The first kappa shape index (κ1) is 27.9.